The summed E-state index contributed by atoms with van der Waals surface area (Å²) < 4.78 is 0. The minimum Gasteiger partial charge on any atom is -0.309 e. The zero-order valence-corrected chi connectivity index (χ0v) is 9.75. The summed E-state index contributed by atoms with van der Waals surface area (Å²) in [6.07, 6.45) is 3.37. The fraction of sp³-hybridized carbons (Fsp3) is 0.667. The van der Waals surface area contributed by atoms with Crippen molar-refractivity contribution in [1.29, 1.82) is 0 Å². The predicted molar refractivity (Wildman–Crippen MR) is 61.5 cm³/mol. The zero-order valence-electron chi connectivity index (χ0n) is 8.12. The van der Waals surface area contributed by atoms with Crippen LogP contribution in [-0.4, -0.2) is 23.5 Å². The van der Waals surface area contributed by atoms with E-state index in [1.807, 2.05) is 17.3 Å². The number of aromatic nitrogens is 1. The Bertz CT molecular complexity index is 211. The Hall–Kier alpha value is -0.0600. The molecule has 0 fully saturated rings. The first-order valence-corrected chi connectivity index (χ1v) is 6.78. The molecule has 0 radical (unpaired) electrons. The second-order valence-electron chi connectivity index (χ2n) is 2.94. The van der Waals surface area contributed by atoms with Crippen LogP contribution in [0.25, 0.3) is 0 Å². The van der Waals surface area contributed by atoms with E-state index in [-0.39, 0.29) is 0 Å². The van der Waals surface area contributed by atoms with Gasteiger partial charge in [-0.1, -0.05) is 0 Å². The minimum atomic E-state index is 0.396. The molecule has 2 nitrogen and oxygen atoms in total. The van der Waals surface area contributed by atoms with Crippen LogP contribution in [0.4, 0.5) is 0 Å². The van der Waals surface area contributed by atoms with Gasteiger partial charge in [0, 0.05) is 11.4 Å². The SMILES string of the molecule is CSCCCNC(C)c1cscn1. The van der Waals surface area contributed by atoms with Crippen molar-refractivity contribution in [2.75, 3.05) is 18.6 Å². The summed E-state index contributed by atoms with van der Waals surface area (Å²) in [6.45, 7) is 3.24. The van der Waals surface area contributed by atoms with Crippen LogP contribution in [-0.2, 0) is 0 Å². The summed E-state index contributed by atoms with van der Waals surface area (Å²) in [5.41, 5.74) is 3.05. The molecule has 1 N–H and O–H groups in total. The number of nitrogens with zero attached hydrogens (tertiary/aromatic N) is 1. The molecule has 0 bridgehead atoms. The van der Waals surface area contributed by atoms with Crippen molar-refractivity contribution in [2.24, 2.45) is 0 Å². The van der Waals surface area contributed by atoms with Crippen LogP contribution in [0.2, 0.25) is 0 Å². The molecular weight excluding hydrogens is 200 g/mol. The molecule has 0 aliphatic carbocycles. The molecular formula is C9H16N2S2. The molecule has 0 amide bonds. The maximum Gasteiger partial charge on any atom is 0.0795 e. The van der Waals surface area contributed by atoms with Crippen LogP contribution in [0.1, 0.15) is 25.1 Å². The van der Waals surface area contributed by atoms with Crippen molar-refractivity contribution in [3.05, 3.63) is 16.6 Å². The standard InChI is InChI=1S/C9H16N2S2/c1-8(9-6-13-7-11-9)10-4-3-5-12-2/h6-8,10H,3-5H2,1-2H3. The molecule has 0 aromatic carbocycles. The number of hydrogen-bond acceptors (Lipinski definition) is 4. The topological polar surface area (TPSA) is 24.9 Å². The van der Waals surface area contributed by atoms with Crippen molar-refractivity contribution in [3.63, 3.8) is 0 Å². The summed E-state index contributed by atoms with van der Waals surface area (Å²) >= 11 is 3.55. The Morgan fingerprint density at radius 1 is 1.69 bits per heavy atom. The molecule has 1 atom stereocenters. The third-order valence-electron chi connectivity index (χ3n) is 1.87. The van der Waals surface area contributed by atoms with E-state index in [0.29, 0.717) is 6.04 Å². The minimum absolute atomic E-state index is 0.396. The van der Waals surface area contributed by atoms with Gasteiger partial charge in [-0.2, -0.15) is 11.8 Å². The highest BCUT2D eigenvalue weighted by atomic mass is 32.2. The van der Waals surface area contributed by atoms with Crippen molar-refractivity contribution in [3.8, 4) is 0 Å². The smallest absolute Gasteiger partial charge is 0.0795 e. The lowest BCUT2D eigenvalue weighted by Crippen LogP contribution is -2.20. The molecule has 4 heteroatoms. The molecule has 1 aromatic heterocycles. The summed E-state index contributed by atoms with van der Waals surface area (Å²) in [5, 5.41) is 5.55. The van der Waals surface area contributed by atoms with Gasteiger partial charge in [-0.25, -0.2) is 4.98 Å². The van der Waals surface area contributed by atoms with E-state index < -0.39 is 0 Å². The van der Waals surface area contributed by atoms with Gasteiger partial charge >= 0.3 is 0 Å². The third-order valence-corrected chi connectivity index (χ3v) is 3.17. The van der Waals surface area contributed by atoms with Crippen LogP contribution in [0.3, 0.4) is 0 Å². The fourth-order valence-corrected chi connectivity index (χ4v) is 2.16. The van der Waals surface area contributed by atoms with Gasteiger partial charge in [-0.05, 0) is 31.9 Å². The summed E-state index contributed by atoms with van der Waals surface area (Å²) in [6, 6.07) is 0.396. The number of hydrogen-bond donors (Lipinski definition) is 1. The van der Waals surface area contributed by atoms with Gasteiger partial charge in [0.15, 0.2) is 0 Å². The van der Waals surface area contributed by atoms with Gasteiger partial charge < -0.3 is 5.32 Å². The first kappa shape index (κ1) is 11.0. The number of rotatable bonds is 6. The normalized spacial score (nSPS) is 13.1. The van der Waals surface area contributed by atoms with E-state index in [9.17, 15) is 0 Å². The van der Waals surface area contributed by atoms with E-state index in [1.165, 1.54) is 12.2 Å². The van der Waals surface area contributed by atoms with Gasteiger partial charge in [-0.3, -0.25) is 0 Å². The first-order valence-electron chi connectivity index (χ1n) is 4.45. The molecule has 1 heterocycles. The maximum atomic E-state index is 4.27. The van der Waals surface area contributed by atoms with E-state index in [2.05, 4.69) is 28.9 Å². The average molecular weight is 216 g/mol. The average Bonchev–Trinajstić information content (AvgIpc) is 2.65. The van der Waals surface area contributed by atoms with Gasteiger partial charge in [0.2, 0.25) is 0 Å². The van der Waals surface area contributed by atoms with E-state index >= 15 is 0 Å². The largest absolute Gasteiger partial charge is 0.309 e. The molecule has 0 aliphatic heterocycles. The molecule has 1 aromatic rings. The summed E-state index contributed by atoms with van der Waals surface area (Å²) in [5.74, 6) is 1.23. The lowest BCUT2D eigenvalue weighted by atomic mass is 10.2. The van der Waals surface area contributed by atoms with E-state index in [0.717, 1.165) is 12.2 Å². The fourth-order valence-electron chi connectivity index (χ4n) is 1.08. The lowest BCUT2D eigenvalue weighted by Gasteiger charge is -2.10. The highest BCUT2D eigenvalue weighted by Gasteiger charge is 2.04. The first-order chi connectivity index (χ1) is 6.34. The molecule has 0 spiro atoms. The van der Waals surface area contributed by atoms with Crippen molar-refractivity contribution in [1.82, 2.24) is 10.3 Å². The van der Waals surface area contributed by atoms with Crippen LogP contribution in [0.15, 0.2) is 10.9 Å². The Morgan fingerprint density at radius 3 is 3.15 bits per heavy atom. The quantitative estimate of drug-likeness (QED) is 0.740. The highest BCUT2D eigenvalue weighted by molar-refractivity contribution is 7.98. The lowest BCUT2D eigenvalue weighted by molar-refractivity contribution is 0.562. The molecule has 0 aliphatic rings. The molecule has 13 heavy (non-hydrogen) atoms. The zero-order chi connectivity index (χ0) is 9.52. The summed E-state index contributed by atoms with van der Waals surface area (Å²) in [4.78, 5) is 4.27. The number of nitrogens with one attached hydrogen (secondary N) is 1. The number of thiazole rings is 1. The maximum absolute atomic E-state index is 4.27. The van der Waals surface area contributed by atoms with Crippen LogP contribution in [0.5, 0.6) is 0 Å². The monoisotopic (exact) mass is 216 g/mol. The molecule has 0 saturated heterocycles. The summed E-state index contributed by atoms with van der Waals surface area (Å²) in [7, 11) is 0. The van der Waals surface area contributed by atoms with Crippen molar-refractivity contribution >= 4 is 23.1 Å². The Labute approximate surface area is 88.2 Å². The Kier molecular flexibility index (Phi) is 5.43. The van der Waals surface area contributed by atoms with Crippen molar-refractivity contribution < 1.29 is 0 Å². The van der Waals surface area contributed by atoms with Crippen LogP contribution in [0, 0.1) is 0 Å². The van der Waals surface area contributed by atoms with Gasteiger partial charge in [0.05, 0.1) is 11.2 Å². The second-order valence-corrected chi connectivity index (χ2v) is 4.64. The Morgan fingerprint density at radius 2 is 2.54 bits per heavy atom. The predicted octanol–water partition coefficient (Wildman–Crippen LogP) is 2.55. The Balaban J connectivity index is 2.15. The van der Waals surface area contributed by atoms with Gasteiger partial charge in [-0.15, -0.1) is 11.3 Å². The van der Waals surface area contributed by atoms with Gasteiger partial charge in [0.25, 0.3) is 0 Å². The molecule has 0 saturated carbocycles. The van der Waals surface area contributed by atoms with Gasteiger partial charge in [0.1, 0.15) is 0 Å². The van der Waals surface area contributed by atoms with Crippen molar-refractivity contribution in [2.45, 2.75) is 19.4 Å². The number of thioether (sulfide) groups is 1. The van der Waals surface area contributed by atoms with E-state index in [1.54, 1.807) is 11.3 Å². The third kappa shape index (κ3) is 4.11. The van der Waals surface area contributed by atoms with E-state index in [4.69, 9.17) is 0 Å². The second kappa shape index (κ2) is 6.40. The molecule has 1 rings (SSSR count). The van der Waals surface area contributed by atoms with Crippen LogP contribution >= 0.6 is 23.1 Å². The highest BCUT2D eigenvalue weighted by Crippen LogP contribution is 2.11. The molecule has 74 valence electrons. The van der Waals surface area contributed by atoms with Crippen LogP contribution < -0.4 is 5.32 Å². The molecule has 1 unspecified atom stereocenters.